The topological polar surface area (TPSA) is 29.5 Å². The molecule has 0 radical (unpaired) electrons. The second-order valence-corrected chi connectivity index (χ2v) is 4.69. The van der Waals surface area contributed by atoms with Crippen LogP contribution in [0.25, 0.3) is 0 Å². The third-order valence-corrected chi connectivity index (χ3v) is 3.19. The van der Waals surface area contributed by atoms with Crippen LogP contribution in [0.2, 0.25) is 5.02 Å². The molecule has 1 aliphatic rings. The molecule has 0 spiro atoms. The third-order valence-electron chi connectivity index (χ3n) is 2.95. The van der Waals surface area contributed by atoms with Gasteiger partial charge in [0.15, 0.2) is 0 Å². The molecule has 1 aromatic carbocycles. The highest BCUT2D eigenvalue weighted by molar-refractivity contribution is 6.30. The van der Waals surface area contributed by atoms with Crippen molar-refractivity contribution >= 4 is 11.6 Å². The molecule has 1 heterocycles. The lowest BCUT2D eigenvalue weighted by molar-refractivity contribution is -0.0629. The van der Waals surface area contributed by atoms with E-state index in [0.717, 1.165) is 0 Å². The standard InChI is InChI=1S/C12H14ClFO2/c13-10-1-2-11(14)9(7-10)8-12(15)3-5-16-6-4-12/h1-2,7,15H,3-6,8H2. The van der Waals surface area contributed by atoms with E-state index < -0.39 is 5.60 Å². The Hall–Kier alpha value is -0.640. The second-order valence-electron chi connectivity index (χ2n) is 4.25. The van der Waals surface area contributed by atoms with Gasteiger partial charge in [-0.3, -0.25) is 0 Å². The maximum absolute atomic E-state index is 13.5. The number of aliphatic hydroxyl groups is 1. The minimum absolute atomic E-state index is 0.294. The van der Waals surface area contributed by atoms with Crippen LogP contribution in [0.4, 0.5) is 4.39 Å². The van der Waals surface area contributed by atoms with Gasteiger partial charge in [0.25, 0.3) is 0 Å². The zero-order valence-corrected chi connectivity index (χ0v) is 9.63. The Morgan fingerprint density at radius 2 is 2.06 bits per heavy atom. The quantitative estimate of drug-likeness (QED) is 0.867. The molecule has 0 saturated carbocycles. The van der Waals surface area contributed by atoms with E-state index >= 15 is 0 Å². The Bertz CT molecular complexity index is 375. The minimum atomic E-state index is -0.857. The Morgan fingerprint density at radius 1 is 1.38 bits per heavy atom. The van der Waals surface area contributed by atoms with Crippen LogP contribution in [0, 0.1) is 5.82 Å². The molecule has 1 aliphatic heterocycles. The molecule has 4 heteroatoms. The molecule has 2 nitrogen and oxygen atoms in total. The number of benzene rings is 1. The van der Waals surface area contributed by atoms with Gasteiger partial charge in [0.2, 0.25) is 0 Å². The van der Waals surface area contributed by atoms with Gasteiger partial charge in [0.05, 0.1) is 5.60 Å². The Morgan fingerprint density at radius 3 is 2.75 bits per heavy atom. The maximum atomic E-state index is 13.5. The van der Waals surface area contributed by atoms with Crippen molar-refractivity contribution in [2.45, 2.75) is 24.9 Å². The molecule has 16 heavy (non-hydrogen) atoms. The Kier molecular flexibility index (Phi) is 3.47. The van der Waals surface area contributed by atoms with Crippen molar-refractivity contribution in [3.63, 3.8) is 0 Å². The third kappa shape index (κ3) is 2.73. The van der Waals surface area contributed by atoms with Crippen molar-refractivity contribution in [1.29, 1.82) is 0 Å². The van der Waals surface area contributed by atoms with Crippen molar-refractivity contribution in [3.8, 4) is 0 Å². The highest BCUT2D eigenvalue weighted by Crippen LogP contribution is 2.27. The van der Waals surface area contributed by atoms with Crippen molar-refractivity contribution in [1.82, 2.24) is 0 Å². The number of hydrogen-bond acceptors (Lipinski definition) is 2. The van der Waals surface area contributed by atoms with Crippen molar-refractivity contribution < 1.29 is 14.2 Å². The van der Waals surface area contributed by atoms with Gasteiger partial charge in [-0.15, -0.1) is 0 Å². The molecule has 0 atom stereocenters. The molecule has 0 bridgehead atoms. The number of rotatable bonds is 2. The number of ether oxygens (including phenoxy) is 1. The summed E-state index contributed by atoms with van der Waals surface area (Å²) in [5.41, 5.74) is -0.388. The zero-order chi connectivity index (χ0) is 11.6. The number of halogens is 2. The fraction of sp³-hybridized carbons (Fsp3) is 0.500. The van der Waals surface area contributed by atoms with E-state index in [4.69, 9.17) is 16.3 Å². The summed E-state index contributed by atoms with van der Waals surface area (Å²) in [7, 11) is 0. The summed E-state index contributed by atoms with van der Waals surface area (Å²) < 4.78 is 18.7. The average Bonchev–Trinajstić information content (AvgIpc) is 2.24. The lowest BCUT2D eigenvalue weighted by Gasteiger charge is -2.32. The van der Waals surface area contributed by atoms with E-state index in [0.29, 0.717) is 43.1 Å². The van der Waals surface area contributed by atoms with Crippen LogP contribution in [0.3, 0.4) is 0 Å². The van der Waals surface area contributed by atoms with Crippen molar-refractivity contribution in [2.75, 3.05) is 13.2 Å². The fourth-order valence-electron chi connectivity index (χ4n) is 1.96. The SMILES string of the molecule is OC1(Cc2cc(Cl)ccc2F)CCOCC1. The van der Waals surface area contributed by atoms with E-state index in [1.54, 1.807) is 6.07 Å². The molecule has 1 saturated heterocycles. The highest BCUT2D eigenvalue weighted by Gasteiger charge is 2.30. The van der Waals surface area contributed by atoms with E-state index in [2.05, 4.69) is 0 Å². The first kappa shape index (κ1) is 11.8. The average molecular weight is 245 g/mol. The van der Waals surface area contributed by atoms with Crippen molar-refractivity contribution in [2.24, 2.45) is 0 Å². The Balaban J connectivity index is 2.15. The van der Waals surface area contributed by atoms with E-state index in [9.17, 15) is 9.50 Å². The van der Waals surface area contributed by atoms with Crippen LogP contribution in [-0.2, 0) is 11.2 Å². The first-order chi connectivity index (χ1) is 7.59. The molecule has 1 N–H and O–H groups in total. The molecule has 0 unspecified atom stereocenters. The fourth-order valence-corrected chi connectivity index (χ4v) is 2.16. The molecule has 2 rings (SSSR count). The largest absolute Gasteiger partial charge is 0.389 e. The van der Waals surface area contributed by atoms with Crippen LogP contribution < -0.4 is 0 Å². The summed E-state index contributed by atoms with van der Waals surface area (Å²) in [6.45, 7) is 1.05. The predicted octanol–water partition coefficient (Wildman–Crippen LogP) is 2.56. The highest BCUT2D eigenvalue weighted by atomic mass is 35.5. The van der Waals surface area contributed by atoms with Gasteiger partial charge in [0.1, 0.15) is 5.82 Å². The predicted molar refractivity (Wildman–Crippen MR) is 60.1 cm³/mol. The molecule has 0 aromatic heterocycles. The van der Waals surface area contributed by atoms with Crippen LogP contribution >= 0.6 is 11.6 Å². The van der Waals surface area contributed by atoms with Gasteiger partial charge >= 0.3 is 0 Å². The molecule has 0 amide bonds. The first-order valence-corrected chi connectivity index (χ1v) is 5.71. The van der Waals surface area contributed by atoms with E-state index in [1.807, 2.05) is 0 Å². The van der Waals surface area contributed by atoms with Crippen molar-refractivity contribution in [3.05, 3.63) is 34.6 Å². The van der Waals surface area contributed by atoms with Gasteiger partial charge in [-0.1, -0.05) is 11.6 Å². The van der Waals surface area contributed by atoms with Gasteiger partial charge < -0.3 is 9.84 Å². The monoisotopic (exact) mass is 244 g/mol. The van der Waals surface area contributed by atoms with Gasteiger partial charge in [0, 0.05) is 24.7 Å². The summed E-state index contributed by atoms with van der Waals surface area (Å²) in [6, 6.07) is 4.42. The number of hydrogen-bond donors (Lipinski definition) is 1. The summed E-state index contributed by atoms with van der Waals surface area (Å²) in [4.78, 5) is 0. The molecule has 1 fully saturated rings. The molecular formula is C12H14ClFO2. The summed E-state index contributed by atoms with van der Waals surface area (Å²) in [5, 5.41) is 10.7. The normalized spacial score (nSPS) is 19.7. The minimum Gasteiger partial charge on any atom is -0.389 e. The summed E-state index contributed by atoms with van der Waals surface area (Å²) in [5.74, 6) is -0.315. The van der Waals surface area contributed by atoms with Gasteiger partial charge in [-0.05, 0) is 36.6 Å². The molecule has 88 valence electrons. The van der Waals surface area contributed by atoms with Crippen LogP contribution in [0.5, 0.6) is 0 Å². The van der Waals surface area contributed by atoms with Crippen LogP contribution in [-0.4, -0.2) is 23.9 Å². The maximum Gasteiger partial charge on any atom is 0.126 e. The zero-order valence-electron chi connectivity index (χ0n) is 8.88. The first-order valence-electron chi connectivity index (χ1n) is 5.33. The molecular weight excluding hydrogens is 231 g/mol. The summed E-state index contributed by atoms with van der Waals surface area (Å²) in [6.07, 6.45) is 1.38. The smallest absolute Gasteiger partial charge is 0.126 e. The van der Waals surface area contributed by atoms with Crippen LogP contribution in [0.15, 0.2) is 18.2 Å². The Labute approximate surface area is 99.0 Å². The second kappa shape index (κ2) is 4.70. The van der Waals surface area contributed by atoms with E-state index in [1.165, 1.54) is 12.1 Å². The molecule has 0 aliphatic carbocycles. The lowest BCUT2D eigenvalue weighted by Crippen LogP contribution is -2.38. The summed E-state index contributed by atoms with van der Waals surface area (Å²) >= 11 is 5.81. The van der Waals surface area contributed by atoms with E-state index in [-0.39, 0.29) is 5.82 Å². The van der Waals surface area contributed by atoms with Gasteiger partial charge in [-0.2, -0.15) is 0 Å². The van der Waals surface area contributed by atoms with Crippen LogP contribution in [0.1, 0.15) is 18.4 Å². The molecule has 1 aromatic rings. The lowest BCUT2D eigenvalue weighted by atomic mass is 9.87. The van der Waals surface area contributed by atoms with Gasteiger partial charge in [-0.25, -0.2) is 4.39 Å².